The van der Waals surface area contributed by atoms with E-state index in [1.807, 2.05) is 0 Å². The van der Waals surface area contributed by atoms with Crippen LogP contribution in [0.5, 0.6) is 0 Å². The van der Waals surface area contributed by atoms with Crippen LogP contribution in [0, 0.1) is 10.1 Å². The average molecular weight is 523 g/mol. The van der Waals surface area contributed by atoms with Gasteiger partial charge in [-0.15, -0.1) is 0 Å². The summed E-state index contributed by atoms with van der Waals surface area (Å²) in [5.41, 5.74) is 2.04. The van der Waals surface area contributed by atoms with Crippen LogP contribution in [-0.4, -0.2) is 44.1 Å². The molecule has 0 saturated heterocycles. The number of rotatable bonds is 9. The summed E-state index contributed by atoms with van der Waals surface area (Å²) in [5.74, 6) is -2.01. The first kappa shape index (κ1) is 25.7. The zero-order valence-electron chi connectivity index (χ0n) is 19.6. The number of nitro benzene ring substituents is 1. The van der Waals surface area contributed by atoms with Crippen LogP contribution < -0.4 is 10.0 Å². The molecule has 0 aliphatic carbocycles. The highest BCUT2D eigenvalue weighted by molar-refractivity contribution is 7.89. The largest absolute Gasteiger partial charge is 0.465 e. The second-order valence-electron chi connectivity index (χ2n) is 7.94. The Labute approximate surface area is 212 Å². The number of hydrogen-bond acceptors (Lipinski definition) is 8. The maximum Gasteiger partial charge on any atom is 0.321 e. The molecule has 1 heterocycles. The highest BCUT2D eigenvalue weighted by Crippen LogP contribution is 2.38. The van der Waals surface area contributed by atoms with E-state index in [4.69, 9.17) is 4.74 Å². The Morgan fingerprint density at radius 2 is 1.81 bits per heavy atom. The lowest BCUT2D eigenvalue weighted by Crippen LogP contribution is -2.30. The number of non-ortho nitro benzene ring substituents is 1. The fourth-order valence-electron chi connectivity index (χ4n) is 3.83. The maximum absolute atomic E-state index is 13.0. The highest BCUT2D eigenvalue weighted by atomic mass is 32.2. The van der Waals surface area contributed by atoms with Crippen LogP contribution in [0.25, 0.3) is 0 Å². The molecular weight excluding hydrogens is 500 g/mol. The van der Waals surface area contributed by atoms with Crippen molar-refractivity contribution in [3.05, 3.63) is 94.0 Å². The lowest BCUT2D eigenvalue weighted by molar-refractivity contribution is -0.384. The van der Waals surface area contributed by atoms with Gasteiger partial charge in [-0.2, -0.15) is 4.72 Å². The molecule has 37 heavy (non-hydrogen) atoms. The number of esters is 1. The van der Waals surface area contributed by atoms with Crippen molar-refractivity contribution in [3.8, 4) is 0 Å². The van der Waals surface area contributed by atoms with Gasteiger partial charge in [0.15, 0.2) is 0 Å². The van der Waals surface area contributed by atoms with E-state index in [1.165, 1.54) is 42.5 Å². The molecule has 1 amide bonds. The number of fused-ring (bicyclic) bond motifs is 1. The monoisotopic (exact) mass is 522 g/mol. The number of nitro groups is 1. The Bertz CT molecular complexity index is 1490. The molecule has 0 spiro atoms. The van der Waals surface area contributed by atoms with Crippen molar-refractivity contribution in [2.75, 3.05) is 18.5 Å². The zero-order chi connectivity index (χ0) is 26.6. The van der Waals surface area contributed by atoms with Crippen molar-refractivity contribution in [1.82, 2.24) is 4.72 Å². The van der Waals surface area contributed by atoms with Crippen LogP contribution in [0.4, 0.5) is 17.1 Å². The molecule has 1 atom stereocenters. The van der Waals surface area contributed by atoms with Gasteiger partial charge in [-0.3, -0.25) is 24.7 Å². The summed E-state index contributed by atoms with van der Waals surface area (Å²) in [6.07, 6.45) is 0. The second kappa shape index (κ2) is 10.7. The number of anilines is 1. The Morgan fingerprint density at radius 3 is 2.46 bits per heavy atom. The van der Waals surface area contributed by atoms with Crippen LogP contribution in [-0.2, 0) is 24.3 Å². The number of carbonyl (C=O) groups is 2. The third-order valence-electron chi connectivity index (χ3n) is 5.53. The topological polar surface area (TPSA) is 157 Å². The van der Waals surface area contributed by atoms with Gasteiger partial charge in [0.05, 0.1) is 27.8 Å². The van der Waals surface area contributed by atoms with Gasteiger partial charge in [0.1, 0.15) is 12.5 Å². The minimum Gasteiger partial charge on any atom is -0.465 e. The molecule has 1 unspecified atom stereocenters. The van der Waals surface area contributed by atoms with E-state index >= 15 is 0 Å². The lowest BCUT2D eigenvalue weighted by atomic mass is 9.90. The lowest BCUT2D eigenvalue weighted by Gasteiger charge is -2.14. The fraction of sp³-hybridized carbons (Fsp3) is 0.160. The molecule has 190 valence electrons. The van der Waals surface area contributed by atoms with E-state index in [0.717, 1.165) is 0 Å². The number of ether oxygens (including phenoxy) is 1. The summed E-state index contributed by atoms with van der Waals surface area (Å²) in [6, 6.07) is 18.6. The van der Waals surface area contributed by atoms with Crippen molar-refractivity contribution >= 4 is 44.7 Å². The normalized spacial score (nSPS) is 15.1. The average Bonchev–Trinajstić information content (AvgIpc) is 3.21. The SMILES string of the molecule is CCOC(=O)CNS(=O)(=O)c1ccc(N=C(c2ccccc2)C2C(=O)Nc3ccc([N+](=O)[O-])cc32)cc1. The molecule has 0 fully saturated rings. The Kier molecular flexibility index (Phi) is 7.41. The van der Waals surface area contributed by atoms with E-state index in [2.05, 4.69) is 15.0 Å². The van der Waals surface area contributed by atoms with Gasteiger partial charge in [0.2, 0.25) is 15.9 Å². The molecule has 11 nitrogen and oxygen atoms in total. The van der Waals surface area contributed by atoms with Gasteiger partial charge < -0.3 is 10.1 Å². The summed E-state index contributed by atoms with van der Waals surface area (Å²) in [5, 5.41) is 14.1. The van der Waals surface area contributed by atoms with Crippen molar-refractivity contribution in [1.29, 1.82) is 0 Å². The molecule has 0 radical (unpaired) electrons. The molecule has 0 saturated carbocycles. The molecule has 0 aromatic heterocycles. The Balaban J connectivity index is 1.70. The molecule has 0 bridgehead atoms. The predicted molar refractivity (Wildman–Crippen MR) is 135 cm³/mol. The molecule has 12 heteroatoms. The molecule has 3 aromatic rings. The summed E-state index contributed by atoms with van der Waals surface area (Å²) in [6.45, 7) is 1.24. The third-order valence-corrected chi connectivity index (χ3v) is 6.95. The smallest absolute Gasteiger partial charge is 0.321 e. The first-order valence-electron chi connectivity index (χ1n) is 11.2. The van der Waals surface area contributed by atoms with Crippen LogP contribution in [0.2, 0.25) is 0 Å². The number of carbonyl (C=O) groups excluding carboxylic acids is 2. The minimum absolute atomic E-state index is 0.0865. The molecule has 4 rings (SSSR count). The van der Waals surface area contributed by atoms with Gasteiger partial charge >= 0.3 is 5.97 Å². The predicted octanol–water partition coefficient (Wildman–Crippen LogP) is 3.29. The minimum atomic E-state index is -3.98. The molecule has 2 N–H and O–H groups in total. The number of sulfonamides is 1. The van der Waals surface area contributed by atoms with Crippen molar-refractivity contribution in [3.63, 3.8) is 0 Å². The Hall–Kier alpha value is -4.42. The second-order valence-corrected chi connectivity index (χ2v) is 9.70. The van der Waals surface area contributed by atoms with Crippen molar-refractivity contribution in [2.24, 2.45) is 4.99 Å². The number of nitrogens with zero attached hydrogens (tertiary/aromatic N) is 2. The zero-order valence-corrected chi connectivity index (χ0v) is 20.4. The van der Waals surface area contributed by atoms with Crippen LogP contribution in [0.3, 0.4) is 0 Å². The summed E-state index contributed by atoms with van der Waals surface area (Å²) >= 11 is 0. The van der Waals surface area contributed by atoms with Gasteiger partial charge in [-0.1, -0.05) is 30.3 Å². The van der Waals surface area contributed by atoms with Gasteiger partial charge in [0.25, 0.3) is 5.69 Å². The van der Waals surface area contributed by atoms with E-state index in [9.17, 15) is 28.1 Å². The van der Waals surface area contributed by atoms with Gasteiger partial charge in [-0.25, -0.2) is 8.42 Å². The number of amides is 1. The molecule has 1 aliphatic rings. The summed E-state index contributed by atoms with van der Waals surface area (Å²) in [7, 11) is -3.98. The Morgan fingerprint density at radius 1 is 1.11 bits per heavy atom. The van der Waals surface area contributed by atoms with Crippen LogP contribution in [0.15, 0.2) is 82.7 Å². The maximum atomic E-state index is 13.0. The number of aliphatic imine (C=N–C) groups is 1. The summed E-state index contributed by atoms with van der Waals surface area (Å²) < 4.78 is 31.9. The van der Waals surface area contributed by atoms with E-state index in [1.54, 1.807) is 37.3 Å². The van der Waals surface area contributed by atoms with E-state index < -0.39 is 33.4 Å². The van der Waals surface area contributed by atoms with Crippen LogP contribution in [0.1, 0.15) is 24.0 Å². The highest BCUT2D eigenvalue weighted by Gasteiger charge is 2.36. The quantitative estimate of drug-likeness (QED) is 0.189. The third kappa shape index (κ3) is 5.71. The van der Waals surface area contributed by atoms with Gasteiger partial charge in [-0.05, 0) is 42.8 Å². The first-order chi connectivity index (χ1) is 17.7. The number of nitrogens with one attached hydrogen (secondary N) is 2. The van der Waals surface area contributed by atoms with E-state index in [0.29, 0.717) is 28.2 Å². The number of hydrogen-bond donors (Lipinski definition) is 2. The van der Waals surface area contributed by atoms with Crippen molar-refractivity contribution in [2.45, 2.75) is 17.7 Å². The van der Waals surface area contributed by atoms with E-state index in [-0.39, 0.29) is 23.1 Å². The van der Waals surface area contributed by atoms with Crippen LogP contribution >= 0.6 is 0 Å². The van der Waals surface area contributed by atoms with Gasteiger partial charge in [0, 0.05) is 23.4 Å². The summed E-state index contributed by atoms with van der Waals surface area (Å²) in [4.78, 5) is 39.9. The van der Waals surface area contributed by atoms with Crippen molar-refractivity contribution < 1.29 is 27.7 Å². The molecular formula is C25H22N4O7S. The standard InChI is InChI=1S/C25H22N4O7S/c1-2-36-22(30)15-26-37(34,35)19-11-8-17(9-12-19)27-24(16-6-4-3-5-7-16)23-20-14-18(29(32)33)10-13-21(20)28-25(23)31/h3-14,23,26H,2,15H2,1H3,(H,28,31). The fourth-order valence-corrected chi connectivity index (χ4v) is 4.80. The molecule has 3 aromatic carbocycles. The molecule has 1 aliphatic heterocycles. The first-order valence-corrected chi connectivity index (χ1v) is 12.7. The number of benzene rings is 3.